The van der Waals surface area contributed by atoms with E-state index in [9.17, 15) is 20.2 Å². The third-order valence-corrected chi connectivity index (χ3v) is 2.47. The summed E-state index contributed by atoms with van der Waals surface area (Å²) >= 11 is 0. The Kier molecular flexibility index (Phi) is 6.56. The Morgan fingerprint density at radius 2 is 1.62 bits per heavy atom. The molecule has 0 radical (unpaired) electrons. The van der Waals surface area contributed by atoms with Gasteiger partial charge in [-0.3, -0.25) is 0 Å². The summed E-state index contributed by atoms with van der Waals surface area (Å²) in [4.78, 5) is 31.6. The van der Waals surface area contributed by atoms with Crippen LogP contribution in [0.1, 0.15) is 0 Å². The van der Waals surface area contributed by atoms with E-state index < -0.39 is 9.85 Å². The average Bonchev–Trinajstić information content (AvgIpc) is 3.24. The number of hydrogen-bond acceptors (Lipinski definition) is 8. The zero-order valence-electron chi connectivity index (χ0n) is 12.8. The first kappa shape index (κ1) is 18.3. The van der Waals surface area contributed by atoms with Crippen LogP contribution in [0.5, 0.6) is 0 Å². The highest BCUT2D eigenvalue weighted by Crippen LogP contribution is 2.02. The van der Waals surface area contributed by atoms with E-state index in [4.69, 9.17) is 5.73 Å². The molecule has 0 bridgehead atoms. The zero-order valence-corrected chi connectivity index (χ0v) is 12.8. The Bertz CT molecular complexity index is 761. The molecule has 3 rings (SSSR count). The van der Waals surface area contributed by atoms with E-state index in [1.165, 1.54) is 29.4 Å². The van der Waals surface area contributed by atoms with Crippen molar-refractivity contribution in [1.82, 2.24) is 29.1 Å². The number of imidazole rings is 3. The molecule has 0 unspecified atom stereocenters. The molecule has 0 fully saturated rings. The van der Waals surface area contributed by atoms with E-state index >= 15 is 0 Å². The van der Waals surface area contributed by atoms with Crippen molar-refractivity contribution in [2.24, 2.45) is 14.1 Å². The van der Waals surface area contributed by atoms with Gasteiger partial charge in [0.15, 0.2) is 5.95 Å². The molecule has 0 saturated heterocycles. The fourth-order valence-electron chi connectivity index (χ4n) is 1.27. The lowest BCUT2D eigenvalue weighted by Crippen LogP contribution is -1.96. The van der Waals surface area contributed by atoms with E-state index in [1.54, 1.807) is 24.0 Å². The van der Waals surface area contributed by atoms with Crippen molar-refractivity contribution in [3.05, 3.63) is 57.4 Å². The van der Waals surface area contributed by atoms with Crippen LogP contribution in [0, 0.1) is 20.2 Å². The first-order valence-corrected chi connectivity index (χ1v) is 6.31. The van der Waals surface area contributed by atoms with Crippen molar-refractivity contribution >= 4 is 17.8 Å². The Balaban J connectivity index is 0.000000181. The van der Waals surface area contributed by atoms with Gasteiger partial charge < -0.3 is 30.5 Å². The van der Waals surface area contributed by atoms with Crippen LogP contribution in [-0.2, 0) is 14.1 Å². The van der Waals surface area contributed by atoms with Gasteiger partial charge in [-0.2, -0.15) is 0 Å². The summed E-state index contributed by atoms with van der Waals surface area (Å²) < 4.78 is 3.10. The summed E-state index contributed by atoms with van der Waals surface area (Å²) in [7, 11) is 3.42. The van der Waals surface area contributed by atoms with Crippen LogP contribution in [0.15, 0.2) is 37.2 Å². The molecule has 3 aromatic heterocycles. The van der Waals surface area contributed by atoms with E-state index in [2.05, 4.69) is 19.9 Å². The van der Waals surface area contributed by atoms with Crippen molar-refractivity contribution in [3.8, 4) is 0 Å². The lowest BCUT2D eigenvalue weighted by molar-refractivity contribution is -0.396. The zero-order chi connectivity index (χ0) is 18.1. The highest BCUT2D eigenvalue weighted by atomic mass is 16.6. The minimum absolute atomic E-state index is 0.130. The Labute approximate surface area is 135 Å². The molecule has 0 aliphatic heterocycles. The summed E-state index contributed by atoms with van der Waals surface area (Å²) in [6, 6.07) is 0. The Morgan fingerprint density at radius 1 is 1.00 bits per heavy atom. The third-order valence-electron chi connectivity index (χ3n) is 2.47. The van der Waals surface area contributed by atoms with Gasteiger partial charge in [-0.15, -0.1) is 0 Å². The van der Waals surface area contributed by atoms with E-state index in [-0.39, 0.29) is 11.9 Å². The lowest BCUT2D eigenvalue weighted by Gasteiger charge is -1.90. The molecule has 0 aromatic carbocycles. The van der Waals surface area contributed by atoms with Crippen LogP contribution in [0.25, 0.3) is 0 Å². The van der Waals surface area contributed by atoms with Gasteiger partial charge in [-0.05, 0) is 9.85 Å². The number of H-pyrrole nitrogens is 1. The highest BCUT2D eigenvalue weighted by molar-refractivity contribution is 5.15. The fraction of sp³-hybridized carbons (Fsp3) is 0.182. The summed E-state index contributed by atoms with van der Waals surface area (Å²) in [5.74, 6) is 0.208. The maximum Gasteiger partial charge on any atom is 0.434 e. The molecule has 13 nitrogen and oxygen atoms in total. The van der Waals surface area contributed by atoms with Crippen LogP contribution < -0.4 is 5.73 Å². The SMILES string of the molecule is Cn1ccnc1N.Cn1ccnc1[N+](=O)[O-].O=[N+]([O-])c1ncc[nH]1. The molecule has 3 aromatic rings. The van der Waals surface area contributed by atoms with Gasteiger partial charge in [0.05, 0.1) is 13.2 Å². The summed E-state index contributed by atoms with van der Waals surface area (Å²) in [6.07, 6.45) is 9.11. The predicted octanol–water partition coefficient (Wildman–Crippen LogP) is 0.648. The monoisotopic (exact) mass is 337 g/mol. The molecule has 24 heavy (non-hydrogen) atoms. The molecule has 0 aliphatic rings. The molecule has 3 N–H and O–H groups in total. The normalized spacial score (nSPS) is 9.25. The van der Waals surface area contributed by atoms with Gasteiger partial charge >= 0.3 is 11.9 Å². The van der Waals surface area contributed by atoms with Gasteiger partial charge in [0.25, 0.3) is 0 Å². The minimum atomic E-state index is -0.583. The van der Waals surface area contributed by atoms with Gasteiger partial charge in [0, 0.05) is 19.4 Å². The van der Waals surface area contributed by atoms with Crippen LogP contribution in [0.4, 0.5) is 17.8 Å². The summed E-state index contributed by atoms with van der Waals surface area (Å²) in [5, 5.41) is 19.8. The van der Waals surface area contributed by atoms with Crippen molar-refractivity contribution in [1.29, 1.82) is 0 Å². The molecule has 0 atom stereocenters. The number of anilines is 1. The molecule has 3 heterocycles. The number of aromatic amines is 1. The second-order valence-electron chi connectivity index (χ2n) is 4.16. The first-order chi connectivity index (χ1) is 11.3. The molecule has 0 amide bonds. The molecule has 0 aliphatic carbocycles. The van der Waals surface area contributed by atoms with Crippen molar-refractivity contribution in [2.75, 3.05) is 5.73 Å². The van der Waals surface area contributed by atoms with Crippen LogP contribution in [0.3, 0.4) is 0 Å². The number of nitrogens with zero attached hydrogens (tertiary/aromatic N) is 7. The number of nitrogens with one attached hydrogen (secondary N) is 1. The number of aryl methyl sites for hydroxylation is 2. The van der Waals surface area contributed by atoms with E-state index in [0.717, 1.165) is 0 Å². The quantitative estimate of drug-likeness (QED) is 0.505. The maximum absolute atomic E-state index is 10.0. The smallest absolute Gasteiger partial charge is 0.390 e. The molecule has 128 valence electrons. The Hall–Kier alpha value is -3.77. The van der Waals surface area contributed by atoms with E-state index in [0.29, 0.717) is 5.95 Å². The standard InChI is InChI=1S/C4H5N3O2.C4H7N3.C3H3N3O2/c1-6-3-2-5-4(6)7(8)9;1-7-3-2-6-4(7)5;7-6(8)3-4-1-2-5-3/h2-3H,1H3;2-3H,1H3,(H2,5,6);1-2H,(H,4,5). The number of nitro groups is 2. The average molecular weight is 337 g/mol. The van der Waals surface area contributed by atoms with Crippen molar-refractivity contribution < 1.29 is 9.85 Å². The van der Waals surface area contributed by atoms with Gasteiger partial charge in [-0.1, -0.05) is 9.97 Å². The Morgan fingerprint density at radius 3 is 1.83 bits per heavy atom. The second kappa shape index (κ2) is 8.62. The van der Waals surface area contributed by atoms with Gasteiger partial charge in [0.2, 0.25) is 0 Å². The maximum atomic E-state index is 10.0. The fourth-order valence-corrected chi connectivity index (χ4v) is 1.27. The van der Waals surface area contributed by atoms with Crippen molar-refractivity contribution in [2.45, 2.75) is 0 Å². The molecular formula is C11H15N9O4. The van der Waals surface area contributed by atoms with Gasteiger partial charge in [-0.25, -0.2) is 14.5 Å². The number of aromatic nitrogens is 6. The number of nitrogens with two attached hydrogens (primary N) is 1. The molecule has 0 saturated carbocycles. The number of nitrogen functional groups attached to an aromatic ring is 1. The summed E-state index contributed by atoms with van der Waals surface area (Å²) in [6.45, 7) is 0. The topological polar surface area (TPSA) is 177 Å². The van der Waals surface area contributed by atoms with Crippen LogP contribution >= 0.6 is 0 Å². The molecular weight excluding hydrogens is 322 g/mol. The molecule has 13 heteroatoms. The first-order valence-electron chi connectivity index (χ1n) is 6.31. The number of rotatable bonds is 2. The lowest BCUT2D eigenvalue weighted by atomic mass is 10.9. The largest absolute Gasteiger partial charge is 0.434 e. The van der Waals surface area contributed by atoms with Crippen LogP contribution in [0.2, 0.25) is 0 Å². The third kappa shape index (κ3) is 5.55. The van der Waals surface area contributed by atoms with Gasteiger partial charge in [0.1, 0.15) is 18.6 Å². The minimum Gasteiger partial charge on any atom is -0.390 e. The predicted molar refractivity (Wildman–Crippen MR) is 82.7 cm³/mol. The second-order valence-corrected chi connectivity index (χ2v) is 4.16. The van der Waals surface area contributed by atoms with Crippen LogP contribution in [-0.4, -0.2) is 38.9 Å². The number of hydrogen-bond donors (Lipinski definition) is 2. The summed E-state index contributed by atoms with van der Waals surface area (Å²) in [5.41, 5.74) is 5.29. The van der Waals surface area contributed by atoms with E-state index in [1.807, 2.05) is 7.05 Å². The molecule has 0 spiro atoms. The van der Waals surface area contributed by atoms with Crippen molar-refractivity contribution in [3.63, 3.8) is 0 Å². The highest BCUT2D eigenvalue weighted by Gasteiger charge is 2.08.